The monoisotopic (exact) mass is 263 g/mol. The Morgan fingerprint density at radius 1 is 1.26 bits per heavy atom. The zero-order chi connectivity index (χ0) is 14.0. The number of rotatable bonds is 3. The SMILES string of the molecule is CNCc1cc(N2CC(C)N(C)C(C)C2)nc(C)n1. The molecule has 0 spiro atoms. The van der Waals surface area contributed by atoms with E-state index in [4.69, 9.17) is 0 Å². The van der Waals surface area contributed by atoms with Crippen molar-refractivity contribution in [2.45, 2.75) is 39.4 Å². The summed E-state index contributed by atoms with van der Waals surface area (Å²) in [5.74, 6) is 1.91. The Morgan fingerprint density at radius 3 is 2.47 bits per heavy atom. The van der Waals surface area contributed by atoms with E-state index < -0.39 is 0 Å². The smallest absolute Gasteiger partial charge is 0.132 e. The molecule has 0 aliphatic carbocycles. The maximum atomic E-state index is 4.60. The number of piperazine rings is 1. The van der Waals surface area contributed by atoms with Crippen LogP contribution >= 0.6 is 0 Å². The van der Waals surface area contributed by atoms with E-state index in [1.807, 2.05) is 14.0 Å². The molecule has 1 fully saturated rings. The average Bonchev–Trinajstić information content (AvgIpc) is 2.35. The summed E-state index contributed by atoms with van der Waals surface area (Å²) in [6.45, 7) is 9.34. The van der Waals surface area contributed by atoms with Gasteiger partial charge in [-0.25, -0.2) is 9.97 Å². The lowest BCUT2D eigenvalue weighted by Gasteiger charge is -2.43. The maximum absolute atomic E-state index is 4.60. The first-order chi connectivity index (χ1) is 9.01. The first-order valence-electron chi connectivity index (χ1n) is 6.97. The molecule has 1 saturated heterocycles. The first-order valence-corrected chi connectivity index (χ1v) is 6.97. The summed E-state index contributed by atoms with van der Waals surface area (Å²) >= 11 is 0. The zero-order valence-corrected chi connectivity index (χ0v) is 12.6. The molecule has 0 bridgehead atoms. The van der Waals surface area contributed by atoms with Crippen molar-refractivity contribution in [3.8, 4) is 0 Å². The van der Waals surface area contributed by atoms with Crippen molar-refractivity contribution in [1.82, 2.24) is 20.2 Å². The summed E-state index contributed by atoms with van der Waals surface area (Å²) < 4.78 is 0. The van der Waals surface area contributed by atoms with Crippen LogP contribution in [-0.4, -0.2) is 54.1 Å². The first kappa shape index (κ1) is 14.2. The fraction of sp³-hybridized carbons (Fsp3) is 0.714. The summed E-state index contributed by atoms with van der Waals surface area (Å²) in [6, 6.07) is 3.20. The quantitative estimate of drug-likeness (QED) is 0.882. The topological polar surface area (TPSA) is 44.3 Å². The molecule has 1 aliphatic heterocycles. The van der Waals surface area contributed by atoms with Crippen LogP contribution in [0.25, 0.3) is 0 Å². The second-order valence-electron chi connectivity index (χ2n) is 5.56. The largest absolute Gasteiger partial charge is 0.353 e. The van der Waals surface area contributed by atoms with Crippen LogP contribution in [0.15, 0.2) is 6.07 Å². The van der Waals surface area contributed by atoms with Crippen molar-refractivity contribution in [2.24, 2.45) is 0 Å². The lowest BCUT2D eigenvalue weighted by atomic mass is 10.1. The van der Waals surface area contributed by atoms with Gasteiger partial charge >= 0.3 is 0 Å². The van der Waals surface area contributed by atoms with Crippen molar-refractivity contribution in [3.63, 3.8) is 0 Å². The average molecular weight is 263 g/mol. The number of hydrogen-bond acceptors (Lipinski definition) is 5. The van der Waals surface area contributed by atoms with Crippen LogP contribution in [0.2, 0.25) is 0 Å². The highest BCUT2D eigenvalue weighted by Crippen LogP contribution is 2.20. The Labute approximate surface area is 116 Å². The van der Waals surface area contributed by atoms with Gasteiger partial charge in [-0.15, -0.1) is 0 Å². The Morgan fingerprint density at radius 2 is 1.89 bits per heavy atom. The van der Waals surface area contributed by atoms with Gasteiger partial charge in [0.05, 0.1) is 5.69 Å². The van der Waals surface area contributed by atoms with Crippen LogP contribution in [-0.2, 0) is 6.54 Å². The van der Waals surface area contributed by atoms with Gasteiger partial charge in [0.2, 0.25) is 0 Å². The minimum Gasteiger partial charge on any atom is -0.353 e. The number of aryl methyl sites for hydroxylation is 1. The molecule has 1 aromatic heterocycles. The number of anilines is 1. The van der Waals surface area contributed by atoms with Gasteiger partial charge in [0, 0.05) is 37.8 Å². The van der Waals surface area contributed by atoms with Gasteiger partial charge in [-0.05, 0) is 34.9 Å². The highest BCUT2D eigenvalue weighted by atomic mass is 15.3. The van der Waals surface area contributed by atoms with Gasteiger partial charge in [0.25, 0.3) is 0 Å². The Hall–Kier alpha value is -1.20. The van der Waals surface area contributed by atoms with Crippen molar-refractivity contribution >= 4 is 5.82 Å². The molecule has 106 valence electrons. The molecule has 0 saturated carbocycles. The molecule has 0 amide bonds. The molecular formula is C14H25N5. The van der Waals surface area contributed by atoms with E-state index >= 15 is 0 Å². The summed E-state index contributed by atoms with van der Waals surface area (Å²) in [5.41, 5.74) is 1.06. The van der Waals surface area contributed by atoms with E-state index in [-0.39, 0.29) is 0 Å². The van der Waals surface area contributed by atoms with Gasteiger partial charge in [-0.2, -0.15) is 0 Å². The third-order valence-corrected chi connectivity index (χ3v) is 3.92. The summed E-state index contributed by atoms with van der Waals surface area (Å²) in [4.78, 5) is 13.9. The number of nitrogens with zero attached hydrogens (tertiary/aromatic N) is 4. The molecule has 19 heavy (non-hydrogen) atoms. The fourth-order valence-electron chi connectivity index (χ4n) is 2.64. The van der Waals surface area contributed by atoms with Crippen LogP contribution < -0.4 is 10.2 Å². The molecule has 1 aromatic rings. The molecule has 2 atom stereocenters. The number of likely N-dealkylation sites (N-methyl/N-ethyl adjacent to an activating group) is 1. The molecule has 5 nitrogen and oxygen atoms in total. The second kappa shape index (κ2) is 5.84. The van der Waals surface area contributed by atoms with Gasteiger partial charge in [-0.3, -0.25) is 4.90 Å². The lowest BCUT2D eigenvalue weighted by molar-refractivity contribution is 0.169. The molecule has 0 aromatic carbocycles. The highest BCUT2D eigenvalue weighted by Gasteiger charge is 2.27. The molecule has 2 rings (SSSR count). The van der Waals surface area contributed by atoms with E-state index in [1.54, 1.807) is 0 Å². The molecule has 0 radical (unpaired) electrons. The molecule has 5 heteroatoms. The van der Waals surface area contributed by atoms with Crippen LogP contribution in [0.3, 0.4) is 0 Å². The second-order valence-corrected chi connectivity index (χ2v) is 5.56. The molecule has 2 unspecified atom stereocenters. The van der Waals surface area contributed by atoms with Crippen LogP contribution in [0, 0.1) is 6.92 Å². The van der Waals surface area contributed by atoms with Gasteiger partial charge in [0.1, 0.15) is 11.6 Å². The third-order valence-electron chi connectivity index (χ3n) is 3.92. The maximum Gasteiger partial charge on any atom is 0.132 e. The molecular weight excluding hydrogens is 238 g/mol. The number of nitrogens with one attached hydrogen (secondary N) is 1. The van der Waals surface area contributed by atoms with E-state index in [2.05, 4.69) is 52.0 Å². The van der Waals surface area contributed by atoms with Gasteiger partial charge in [0.15, 0.2) is 0 Å². The summed E-state index contributed by atoms with van der Waals surface area (Å²) in [5, 5.41) is 3.15. The van der Waals surface area contributed by atoms with E-state index in [0.29, 0.717) is 12.1 Å². The predicted octanol–water partition coefficient (Wildman–Crippen LogP) is 1.03. The molecule has 1 aliphatic rings. The molecule has 1 N–H and O–H groups in total. The Kier molecular flexibility index (Phi) is 4.37. The minimum absolute atomic E-state index is 0.548. The summed E-state index contributed by atoms with van der Waals surface area (Å²) in [6.07, 6.45) is 0. The Bertz CT molecular complexity index is 422. The predicted molar refractivity (Wildman–Crippen MR) is 78.4 cm³/mol. The van der Waals surface area contributed by atoms with Crippen molar-refractivity contribution < 1.29 is 0 Å². The molecule has 2 heterocycles. The Balaban J connectivity index is 2.21. The van der Waals surface area contributed by atoms with Crippen LogP contribution in [0.4, 0.5) is 5.82 Å². The van der Waals surface area contributed by atoms with Crippen molar-refractivity contribution in [1.29, 1.82) is 0 Å². The number of aromatic nitrogens is 2. The van der Waals surface area contributed by atoms with E-state index in [9.17, 15) is 0 Å². The van der Waals surface area contributed by atoms with Crippen molar-refractivity contribution in [3.05, 3.63) is 17.6 Å². The fourth-order valence-corrected chi connectivity index (χ4v) is 2.64. The van der Waals surface area contributed by atoms with Crippen LogP contribution in [0.1, 0.15) is 25.4 Å². The van der Waals surface area contributed by atoms with Crippen LogP contribution in [0.5, 0.6) is 0 Å². The third kappa shape index (κ3) is 3.22. The van der Waals surface area contributed by atoms with Gasteiger partial charge < -0.3 is 10.2 Å². The standard InChI is InChI=1S/C14H25N5/c1-10-8-19(9-11(2)18(10)5)14-6-13(7-15-4)16-12(3)17-14/h6,10-11,15H,7-9H2,1-5H3. The zero-order valence-electron chi connectivity index (χ0n) is 12.6. The van der Waals surface area contributed by atoms with Crippen molar-refractivity contribution in [2.75, 3.05) is 32.1 Å². The number of hydrogen-bond donors (Lipinski definition) is 1. The highest BCUT2D eigenvalue weighted by molar-refractivity contribution is 5.41. The minimum atomic E-state index is 0.548. The summed E-state index contributed by atoms with van der Waals surface area (Å²) in [7, 11) is 4.14. The lowest BCUT2D eigenvalue weighted by Crippen LogP contribution is -2.55. The van der Waals surface area contributed by atoms with Gasteiger partial charge in [-0.1, -0.05) is 0 Å². The normalized spacial score (nSPS) is 24.8. The van der Waals surface area contributed by atoms with E-state index in [0.717, 1.165) is 37.0 Å². The van der Waals surface area contributed by atoms with E-state index in [1.165, 1.54) is 0 Å².